The van der Waals surface area contributed by atoms with Crippen molar-refractivity contribution >= 4 is 0 Å². The molecule has 0 spiro atoms. The molecule has 0 heterocycles. The first-order chi connectivity index (χ1) is 5.89. The van der Waals surface area contributed by atoms with Gasteiger partial charge in [0.25, 0.3) is 0 Å². The van der Waals surface area contributed by atoms with Crippen molar-refractivity contribution in [2.75, 3.05) is 0 Å². The molecule has 2 unspecified atom stereocenters. The van der Waals surface area contributed by atoms with Gasteiger partial charge in [0.05, 0.1) is 5.60 Å². The molecule has 0 aromatic carbocycles. The van der Waals surface area contributed by atoms with E-state index in [1.54, 1.807) is 0 Å². The third-order valence-electron chi connectivity index (χ3n) is 3.80. The summed E-state index contributed by atoms with van der Waals surface area (Å²) in [7, 11) is 0. The van der Waals surface area contributed by atoms with Crippen LogP contribution in [0.25, 0.3) is 0 Å². The highest BCUT2D eigenvalue weighted by Gasteiger charge is 2.42. The van der Waals surface area contributed by atoms with Crippen molar-refractivity contribution in [2.45, 2.75) is 65.4 Å². The zero-order valence-electron chi connectivity index (χ0n) is 9.56. The van der Waals surface area contributed by atoms with Crippen LogP contribution < -0.4 is 0 Å². The fourth-order valence-corrected chi connectivity index (χ4v) is 2.39. The summed E-state index contributed by atoms with van der Waals surface area (Å²) in [5, 5.41) is 10.5. The van der Waals surface area contributed by atoms with E-state index in [0.29, 0.717) is 0 Å². The Morgan fingerprint density at radius 2 is 2.00 bits per heavy atom. The average Bonchev–Trinajstić information content (AvgIpc) is 2.02. The highest BCUT2D eigenvalue weighted by molar-refractivity contribution is 4.94. The van der Waals surface area contributed by atoms with E-state index >= 15 is 0 Å². The lowest BCUT2D eigenvalue weighted by Crippen LogP contribution is -2.46. The lowest BCUT2D eigenvalue weighted by atomic mass is 9.65. The molecule has 2 atom stereocenters. The zero-order chi connectivity index (χ0) is 10.1. The van der Waals surface area contributed by atoms with Gasteiger partial charge >= 0.3 is 0 Å². The van der Waals surface area contributed by atoms with E-state index in [0.717, 1.165) is 18.8 Å². The van der Waals surface area contributed by atoms with Crippen LogP contribution in [0.15, 0.2) is 0 Å². The first kappa shape index (κ1) is 11.0. The van der Waals surface area contributed by atoms with Crippen LogP contribution in [-0.4, -0.2) is 10.7 Å². The minimum atomic E-state index is -0.411. The van der Waals surface area contributed by atoms with E-state index in [2.05, 4.69) is 27.7 Å². The second-order valence-electron chi connectivity index (χ2n) is 5.65. The van der Waals surface area contributed by atoms with Gasteiger partial charge in [0.15, 0.2) is 0 Å². The lowest BCUT2D eigenvalue weighted by Gasteiger charge is -2.45. The van der Waals surface area contributed by atoms with E-state index in [-0.39, 0.29) is 5.41 Å². The molecule has 1 saturated carbocycles. The van der Waals surface area contributed by atoms with Gasteiger partial charge in [-0.15, -0.1) is 0 Å². The van der Waals surface area contributed by atoms with Gasteiger partial charge in [0, 0.05) is 0 Å². The van der Waals surface area contributed by atoms with Gasteiger partial charge in [0.1, 0.15) is 0 Å². The van der Waals surface area contributed by atoms with E-state index in [1.165, 1.54) is 19.3 Å². The summed E-state index contributed by atoms with van der Waals surface area (Å²) in [4.78, 5) is 0. The maximum atomic E-state index is 10.5. The summed E-state index contributed by atoms with van der Waals surface area (Å²) in [5.41, 5.74) is -0.368. The van der Waals surface area contributed by atoms with Gasteiger partial charge < -0.3 is 5.11 Å². The van der Waals surface area contributed by atoms with E-state index in [1.807, 2.05) is 0 Å². The molecule has 0 saturated heterocycles. The van der Waals surface area contributed by atoms with Crippen LogP contribution in [0.5, 0.6) is 0 Å². The maximum absolute atomic E-state index is 10.5. The molecule has 0 bridgehead atoms. The minimum absolute atomic E-state index is 0.0425. The summed E-state index contributed by atoms with van der Waals surface area (Å²) >= 11 is 0. The van der Waals surface area contributed by atoms with Crippen molar-refractivity contribution in [1.82, 2.24) is 0 Å². The van der Waals surface area contributed by atoms with Crippen LogP contribution in [0.4, 0.5) is 0 Å². The van der Waals surface area contributed by atoms with Crippen molar-refractivity contribution in [3.63, 3.8) is 0 Å². The predicted octanol–water partition coefficient (Wildman–Crippen LogP) is 3.36. The Balaban J connectivity index is 2.68. The summed E-state index contributed by atoms with van der Waals surface area (Å²) in [5.74, 6) is 0.748. The molecule has 1 rings (SSSR count). The summed E-state index contributed by atoms with van der Waals surface area (Å²) in [6, 6.07) is 0. The maximum Gasteiger partial charge on any atom is 0.0698 e. The molecule has 13 heavy (non-hydrogen) atoms. The molecule has 0 aliphatic heterocycles. The Hall–Kier alpha value is -0.0400. The normalized spacial score (nSPS) is 36.2. The molecule has 0 amide bonds. The Kier molecular flexibility index (Phi) is 3.06. The number of rotatable bonds is 1. The second kappa shape index (κ2) is 3.61. The Morgan fingerprint density at radius 1 is 1.38 bits per heavy atom. The van der Waals surface area contributed by atoms with Crippen LogP contribution in [0.2, 0.25) is 0 Å². The van der Waals surface area contributed by atoms with Crippen molar-refractivity contribution < 1.29 is 5.11 Å². The molecular formula is C12H24O. The van der Waals surface area contributed by atoms with Crippen molar-refractivity contribution in [3.05, 3.63) is 0 Å². The molecule has 1 aliphatic rings. The van der Waals surface area contributed by atoms with Crippen molar-refractivity contribution in [2.24, 2.45) is 11.3 Å². The highest BCUT2D eigenvalue weighted by atomic mass is 16.3. The smallest absolute Gasteiger partial charge is 0.0698 e. The summed E-state index contributed by atoms with van der Waals surface area (Å²) in [6.07, 6.45) is 5.74. The van der Waals surface area contributed by atoms with Crippen LogP contribution in [0, 0.1) is 11.3 Å². The SMILES string of the molecule is CCC1CCCC(O)(C(C)(C)C)C1. The van der Waals surface area contributed by atoms with E-state index in [4.69, 9.17) is 0 Å². The molecule has 1 aliphatic carbocycles. The molecule has 1 N–H and O–H groups in total. The standard InChI is InChI=1S/C12H24O/c1-5-10-7-6-8-12(13,9-10)11(2,3)4/h10,13H,5-9H2,1-4H3. The molecule has 0 aromatic rings. The third kappa shape index (κ3) is 2.25. The van der Waals surface area contributed by atoms with Gasteiger partial charge in [-0.2, -0.15) is 0 Å². The highest BCUT2D eigenvalue weighted by Crippen LogP contribution is 2.44. The van der Waals surface area contributed by atoms with Crippen LogP contribution >= 0.6 is 0 Å². The van der Waals surface area contributed by atoms with Crippen LogP contribution in [0.1, 0.15) is 59.8 Å². The molecular weight excluding hydrogens is 160 g/mol. The zero-order valence-corrected chi connectivity index (χ0v) is 9.56. The fourth-order valence-electron chi connectivity index (χ4n) is 2.39. The first-order valence-electron chi connectivity index (χ1n) is 5.61. The average molecular weight is 184 g/mol. The molecule has 1 heteroatoms. The molecule has 0 aromatic heterocycles. The Morgan fingerprint density at radius 3 is 2.46 bits per heavy atom. The third-order valence-corrected chi connectivity index (χ3v) is 3.80. The fraction of sp³-hybridized carbons (Fsp3) is 1.00. The molecule has 1 fully saturated rings. The van der Waals surface area contributed by atoms with Gasteiger partial charge in [-0.05, 0) is 24.2 Å². The van der Waals surface area contributed by atoms with Gasteiger partial charge in [-0.1, -0.05) is 47.0 Å². The summed E-state index contributed by atoms with van der Waals surface area (Å²) in [6.45, 7) is 8.71. The Bertz CT molecular complexity index is 168. The van der Waals surface area contributed by atoms with E-state index in [9.17, 15) is 5.11 Å². The van der Waals surface area contributed by atoms with E-state index < -0.39 is 5.60 Å². The number of hydrogen-bond donors (Lipinski definition) is 1. The van der Waals surface area contributed by atoms with Crippen LogP contribution in [-0.2, 0) is 0 Å². The largest absolute Gasteiger partial charge is 0.389 e. The Labute approximate surface area is 82.5 Å². The number of aliphatic hydroxyl groups is 1. The first-order valence-corrected chi connectivity index (χ1v) is 5.61. The van der Waals surface area contributed by atoms with Gasteiger partial charge in [0.2, 0.25) is 0 Å². The minimum Gasteiger partial charge on any atom is -0.389 e. The monoisotopic (exact) mass is 184 g/mol. The van der Waals surface area contributed by atoms with Gasteiger partial charge in [-0.25, -0.2) is 0 Å². The quantitative estimate of drug-likeness (QED) is 0.662. The molecule has 0 radical (unpaired) electrons. The topological polar surface area (TPSA) is 20.2 Å². The van der Waals surface area contributed by atoms with Crippen LogP contribution in [0.3, 0.4) is 0 Å². The van der Waals surface area contributed by atoms with Crippen molar-refractivity contribution in [3.8, 4) is 0 Å². The molecule has 78 valence electrons. The molecule has 1 nitrogen and oxygen atoms in total. The predicted molar refractivity (Wildman–Crippen MR) is 56.7 cm³/mol. The van der Waals surface area contributed by atoms with Crippen molar-refractivity contribution in [1.29, 1.82) is 0 Å². The number of hydrogen-bond acceptors (Lipinski definition) is 1. The van der Waals surface area contributed by atoms with Gasteiger partial charge in [-0.3, -0.25) is 0 Å². The summed E-state index contributed by atoms with van der Waals surface area (Å²) < 4.78 is 0. The lowest BCUT2D eigenvalue weighted by molar-refractivity contribution is -0.0987. The second-order valence-corrected chi connectivity index (χ2v) is 5.65.